The minimum atomic E-state index is -3.53. The quantitative estimate of drug-likeness (QED) is 0.819. The molecule has 0 aromatic rings. The monoisotopic (exact) mass is 320 g/mol. The molecule has 7 nitrogen and oxygen atoms in total. The largest absolute Gasteiger partial charge is 0.481 e. The summed E-state index contributed by atoms with van der Waals surface area (Å²) < 4.78 is 33.7. The third-order valence-electron chi connectivity index (χ3n) is 4.38. The molecule has 2 unspecified atom stereocenters. The van der Waals surface area contributed by atoms with E-state index >= 15 is 0 Å². The van der Waals surface area contributed by atoms with E-state index in [4.69, 9.17) is 4.74 Å². The number of nitrogens with zero attached hydrogens (tertiary/aromatic N) is 2. The van der Waals surface area contributed by atoms with E-state index in [1.165, 1.54) is 8.61 Å². The molecule has 8 heteroatoms. The Morgan fingerprint density at radius 2 is 1.62 bits per heavy atom. The first-order valence-electron chi connectivity index (χ1n) is 7.29. The van der Waals surface area contributed by atoms with Crippen molar-refractivity contribution in [3.05, 3.63) is 0 Å². The van der Waals surface area contributed by atoms with Crippen LogP contribution in [0.15, 0.2) is 0 Å². The number of piperidine rings is 1. The molecular weight excluding hydrogens is 296 g/mol. The third-order valence-corrected chi connectivity index (χ3v) is 6.35. The summed E-state index contributed by atoms with van der Waals surface area (Å²) in [6.07, 6.45) is 0.434. The molecular formula is C13H24N2O5S. The highest BCUT2D eigenvalue weighted by Crippen LogP contribution is 2.33. The van der Waals surface area contributed by atoms with E-state index < -0.39 is 21.6 Å². The Balaban J connectivity index is 2.06. The van der Waals surface area contributed by atoms with Crippen molar-refractivity contribution in [3.63, 3.8) is 0 Å². The molecule has 2 saturated heterocycles. The second-order valence-corrected chi connectivity index (χ2v) is 8.28. The molecule has 2 aliphatic heterocycles. The third kappa shape index (κ3) is 3.39. The van der Waals surface area contributed by atoms with Gasteiger partial charge in [0.25, 0.3) is 10.2 Å². The van der Waals surface area contributed by atoms with Crippen LogP contribution in [0.5, 0.6) is 0 Å². The van der Waals surface area contributed by atoms with Crippen LogP contribution in [0.4, 0.5) is 0 Å². The molecule has 0 bridgehead atoms. The zero-order valence-corrected chi connectivity index (χ0v) is 13.6. The van der Waals surface area contributed by atoms with Gasteiger partial charge in [0, 0.05) is 26.2 Å². The molecule has 122 valence electrons. The summed E-state index contributed by atoms with van der Waals surface area (Å²) in [5, 5.41) is 9.21. The van der Waals surface area contributed by atoms with Gasteiger partial charge in [-0.2, -0.15) is 17.0 Å². The topological polar surface area (TPSA) is 87.2 Å². The summed E-state index contributed by atoms with van der Waals surface area (Å²) in [7, 11) is -3.53. The predicted molar refractivity (Wildman–Crippen MR) is 77.1 cm³/mol. The molecule has 0 aromatic carbocycles. The van der Waals surface area contributed by atoms with Gasteiger partial charge in [-0.25, -0.2) is 0 Å². The number of rotatable bonds is 3. The molecule has 21 heavy (non-hydrogen) atoms. The summed E-state index contributed by atoms with van der Waals surface area (Å²) in [5.41, 5.74) is -0.822. The summed E-state index contributed by atoms with van der Waals surface area (Å²) in [6, 6.07) is 0. The fraction of sp³-hybridized carbons (Fsp3) is 0.923. The maximum Gasteiger partial charge on any atom is 0.309 e. The number of aliphatic carboxylic acids is 1. The van der Waals surface area contributed by atoms with Gasteiger partial charge < -0.3 is 9.84 Å². The number of morpholine rings is 1. The van der Waals surface area contributed by atoms with Crippen molar-refractivity contribution in [2.24, 2.45) is 5.41 Å². The smallest absolute Gasteiger partial charge is 0.309 e. The molecule has 0 saturated carbocycles. The van der Waals surface area contributed by atoms with Gasteiger partial charge in [-0.15, -0.1) is 0 Å². The first-order valence-corrected chi connectivity index (χ1v) is 8.69. The number of carboxylic acids is 1. The van der Waals surface area contributed by atoms with Crippen LogP contribution in [-0.4, -0.2) is 66.5 Å². The molecule has 1 N–H and O–H groups in total. The van der Waals surface area contributed by atoms with Crippen LogP contribution < -0.4 is 0 Å². The number of carboxylic acid groups (broad SMARTS) is 1. The molecule has 0 aromatic heterocycles. The number of hydrogen-bond acceptors (Lipinski definition) is 4. The summed E-state index contributed by atoms with van der Waals surface area (Å²) in [6.45, 7) is 6.60. The van der Waals surface area contributed by atoms with E-state index in [0.717, 1.165) is 0 Å². The van der Waals surface area contributed by atoms with Crippen molar-refractivity contribution < 1.29 is 23.1 Å². The minimum Gasteiger partial charge on any atom is -0.481 e. The summed E-state index contributed by atoms with van der Waals surface area (Å²) in [4.78, 5) is 11.2. The zero-order valence-electron chi connectivity index (χ0n) is 12.8. The van der Waals surface area contributed by atoms with Crippen molar-refractivity contribution in [2.45, 2.75) is 45.8 Å². The highest BCUT2D eigenvalue weighted by atomic mass is 32.2. The fourth-order valence-corrected chi connectivity index (χ4v) is 4.67. The van der Waals surface area contributed by atoms with E-state index in [0.29, 0.717) is 25.9 Å². The fourth-order valence-electron chi connectivity index (χ4n) is 2.91. The number of hydrogen-bond donors (Lipinski definition) is 1. The van der Waals surface area contributed by atoms with Gasteiger partial charge in [-0.3, -0.25) is 4.79 Å². The molecule has 0 spiro atoms. The van der Waals surface area contributed by atoms with Crippen LogP contribution in [0.1, 0.15) is 33.6 Å². The van der Waals surface area contributed by atoms with Crippen molar-refractivity contribution in [3.8, 4) is 0 Å². The van der Waals surface area contributed by atoms with Crippen molar-refractivity contribution in [2.75, 3.05) is 26.2 Å². The summed E-state index contributed by atoms with van der Waals surface area (Å²) in [5.74, 6) is -0.854. The normalized spacial score (nSPS) is 32.0. The van der Waals surface area contributed by atoms with Gasteiger partial charge in [0.15, 0.2) is 0 Å². The number of carbonyl (C=O) groups is 1. The van der Waals surface area contributed by atoms with E-state index in [1.54, 1.807) is 6.92 Å². The Bertz CT molecular complexity index is 489. The van der Waals surface area contributed by atoms with Crippen LogP contribution in [0.25, 0.3) is 0 Å². The van der Waals surface area contributed by atoms with Crippen LogP contribution >= 0.6 is 0 Å². The lowest BCUT2D eigenvalue weighted by molar-refractivity contribution is -0.150. The zero-order chi connectivity index (χ0) is 15.8. The van der Waals surface area contributed by atoms with Crippen LogP contribution in [-0.2, 0) is 19.7 Å². The Kier molecular flexibility index (Phi) is 4.63. The Morgan fingerprint density at radius 1 is 1.14 bits per heavy atom. The van der Waals surface area contributed by atoms with Gasteiger partial charge in [0.05, 0.1) is 17.6 Å². The highest BCUT2D eigenvalue weighted by Gasteiger charge is 2.42. The lowest BCUT2D eigenvalue weighted by Gasteiger charge is -2.41. The first-order chi connectivity index (χ1) is 9.65. The van der Waals surface area contributed by atoms with Gasteiger partial charge in [0.2, 0.25) is 0 Å². The minimum absolute atomic E-state index is 0.127. The standard InChI is InChI=1S/C13H24N2O5S/c1-10-8-15(9-11(2)20-10)21(18,19)14-6-4-13(3,5-7-14)12(16)17/h10-11H,4-9H2,1-3H3,(H,16,17). The Labute approximate surface area is 126 Å². The maximum atomic E-state index is 12.7. The average molecular weight is 320 g/mol. The van der Waals surface area contributed by atoms with Crippen molar-refractivity contribution in [1.82, 2.24) is 8.61 Å². The molecule has 2 aliphatic rings. The van der Waals surface area contributed by atoms with Crippen LogP contribution in [0, 0.1) is 5.41 Å². The Morgan fingerprint density at radius 3 is 2.05 bits per heavy atom. The van der Waals surface area contributed by atoms with Crippen LogP contribution in [0.2, 0.25) is 0 Å². The molecule has 0 amide bonds. The van der Waals surface area contributed by atoms with Gasteiger partial charge >= 0.3 is 5.97 Å². The predicted octanol–water partition coefficient (Wildman–Crippen LogP) is 0.527. The van der Waals surface area contributed by atoms with E-state index in [9.17, 15) is 18.3 Å². The second-order valence-electron chi connectivity index (χ2n) is 6.35. The molecule has 2 fully saturated rings. The van der Waals surface area contributed by atoms with Crippen molar-refractivity contribution in [1.29, 1.82) is 0 Å². The molecule has 0 radical (unpaired) electrons. The molecule has 2 heterocycles. The number of ether oxygens (including phenoxy) is 1. The van der Waals surface area contributed by atoms with Gasteiger partial charge in [-0.05, 0) is 33.6 Å². The highest BCUT2D eigenvalue weighted by molar-refractivity contribution is 7.86. The summed E-state index contributed by atoms with van der Waals surface area (Å²) >= 11 is 0. The van der Waals surface area contributed by atoms with E-state index in [2.05, 4.69) is 0 Å². The van der Waals surface area contributed by atoms with Gasteiger partial charge in [-0.1, -0.05) is 0 Å². The second kappa shape index (κ2) is 5.83. The Hall–Kier alpha value is -0.700. The molecule has 2 rings (SSSR count). The first kappa shape index (κ1) is 16.7. The molecule has 2 atom stereocenters. The SMILES string of the molecule is CC1CN(S(=O)(=O)N2CCC(C)(C(=O)O)CC2)CC(C)O1. The maximum absolute atomic E-state index is 12.7. The van der Waals surface area contributed by atoms with Crippen molar-refractivity contribution >= 4 is 16.2 Å². The van der Waals surface area contributed by atoms with Crippen LogP contribution in [0.3, 0.4) is 0 Å². The lowest BCUT2D eigenvalue weighted by atomic mass is 9.81. The van der Waals surface area contributed by atoms with Gasteiger partial charge in [0.1, 0.15) is 0 Å². The van der Waals surface area contributed by atoms with E-state index in [1.807, 2.05) is 13.8 Å². The molecule has 0 aliphatic carbocycles. The lowest BCUT2D eigenvalue weighted by Crippen LogP contribution is -2.55. The van der Waals surface area contributed by atoms with E-state index in [-0.39, 0.29) is 25.3 Å². The average Bonchev–Trinajstić information content (AvgIpc) is 2.38.